The third kappa shape index (κ3) is 2.19. The van der Waals surface area contributed by atoms with Crippen LogP contribution in [-0.4, -0.2) is 16.5 Å². The maximum Gasteiger partial charge on any atom is 0.222 e. The molecule has 12 heavy (non-hydrogen) atoms. The second kappa shape index (κ2) is 4.04. The van der Waals surface area contributed by atoms with Crippen molar-refractivity contribution in [3.8, 4) is 0 Å². The lowest BCUT2D eigenvalue weighted by molar-refractivity contribution is 0.814. The van der Waals surface area contributed by atoms with Crippen LogP contribution in [0.1, 0.15) is 32.4 Å². The van der Waals surface area contributed by atoms with E-state index in [0.29, 0.717) is 5.92 Å². The van der Waals surface area contributed by atoms with Crippen LogP contribution in [0.5, 0.6) is 0 Å². The van der Waals surface area contributed by atoms with Crippen molar-refractivity contribution in [2.45, 2.75) is 26.7 Å². The van der Waals surface area contributed by atoms with Crippen molar-refractivity contribution in [2.24, 2.45) is 0 Å². The highest BCUT2D eigenvalue weighted by Crippen LogP contribution is 2.11. The van der Waals surface area contributed by atoms with Gasteiger partial charge in [0.15, 0.2) is 0 Å². The Kier molecular flexibility index (Phi) is 3.02. The van der Waals surface area contributed by atoms with Gasteiger partial charge in [-0.15, -0.1) is 0 Å². The van der Waals surface area contributed by atoms with Gasteiger partial charge in [-0.2, -0.15) is 0 Å². The highest BCUT2D eigenvalue weighted by molar-refractivity contribution is 5.25. The van der Waals surface area contributed by atoms with E-state index in [0.717, 1.165) is 18.2 Å². The standard InChI is InChI=1S/C9H15N3/c1-4-10-9-11-6-5-8(12-9)7(2)3/h5-7H,4H2,1-3H3,(H,10,11,12). The Labute approximate surface area is 73.2 Å². The number of rotatable bonds is 3. The Morgan fingerprint density at radius 2 is 2.25 bits per heavy atom. The Bertz CT molecular complexity index is 245. The predicted octanol–water partition coefficient (Wildman–Crippen LogP) is 2.03. The van der Waals surface area contributed by atoms with Crippen LogP contribution in [-0.2, 0) is 0 Å². The maximum absolute atomic E-state index is 4.34. The second-order valence-corrected chi connectivity index (χ2v) is 2.99. The first-order valence-electron chi connectivity index (χ1n) is 4.31. The first-order chi connectivity index (χ1) is 5.74. The van der Waals surface area contributed by atoms with Gasteiger partial charge >= 0.3 is 0 Å². The first kappa shape index (κ1) is 8.97. The molecule has 1 heterocycles. The fourth-order valence-electron chi connectivity index (χ4n) is 0.937. The number of nitrogens with zero attached hydrogens (tertiary/aromatic N) is 2. The van der Waals surface area contributed by atoms with E-state index in [1.807, 2.05) is 13.0 Å². The average molecular weight is 165 g/mol. The molecule has 0 fully saturated rings. The molecule has 0 amide bonds. The summed E-state index contributed by atoms with van der Waals surface area (Å²) >= 11 is 0. The third-order valence-corrected chi connectivity index (χ3v) is 1.60. The molecule has 1 aromatic heterocycles. The minimum Gasteiger partial charge on any atom is -0.354 e. The smallest absolute Gasteiger partial charge is 0.222 e. The first-order valence-corrected chi connectivity index (χ1v) is 4.31. The van der Waals surface area contributed by atoms with Crippen LogP contribution >= 0.6 is 0 Å². The molecule has 0 atom stereocenters. The minimum atomic E-state index is 0.463. The number of nitrogens with one attached hydrogen (secondary N) is 1. The highest BCUT2D eigenvalue weighted by Gasteiger charge is 2.01. The van der Waals surface area contributed by atoms with Gasteiger partial charge in [-0.05, 0) is 18.9 Å². The van der Waals surface area contributed by atoms with Gasteiger partial charge in [0.05, 0.1) is 0 Å². The topological polar surface area (TPSA) is 37.8 Å². The summed E-state index contributed by atoms with van der Waals surface area (Å²) in [6.45, 7) is 7.14. The van der Waals surface area contributed by atoms with Crippen molar-refractivity contribution < 1.29 is 0 Å². The van der Waals surface area contributed by atoms with Crippen LogP contribution in [0.4, 0.5) is 5.95 Å². The van der Waals surface area contributed by atoms with Gasteiger partial charge in [0.25, 0.3) is 0 Å². The number of hydrogen-bond acceptors (Lipinski definition) is 3. The summed E-state index contributed by atoms with van der Waals surface area (Å²) in [5.41, 5.74) is 1.08. The lowest BCUT2D eigenvalue weighted by atomic mass is 10.1. The Morgan fingerprint density at radius 1 is 1.50 bits per heavy atom. The molecule has 0 unspecified atom stereocenters. The Hall–Kier alpha value is -1.12. The van der Waals surface area contributed by atoms with Crippen LogP contribution in [0.25, 0.3) is 0 Å². The summed E-state index contributed by atoms with van der Waals surface area (Å²) in [7, 11) is 0. The van der Waals surface area contributed by atoms with E-state index in [1.165, 1.54) is 0 Å². The molecule has 1 N–H and O–H groups in total. The maximum atomic E-state index is 4.34. The van der Waals surface area contributed by atoms with Gasteiger partial charge in [0.1, 0.15) is 0 Å². The SMILES string of the molecule is CCNc1nccc(C(C)C)n1. The largest absolute Gasteiger partial charge is 0.354 e. The summed E-state index contributed by atoms with van der Waals surface area (Å²) in [6, 6.07) is 1.95. The van der Waals surface area contributed by atoms with Crippen LogP contribution in [0.3, 0.4) is 0 Å². The van der Waals surface area contributed by atoms with Gasteiger partial charge < -0.3 is 5.32 Å². The van der Waals surface area contributed by atoms with Crippen LogP contribution < -0.4 is 5.32 Å². The normalized spacial score (nSPS) is 10.3. The van der Waals surface area contributed by atoms with E-state index in [-0.39, 0.29) is 0 Å². The highest BCUT2D eigenvalue weighted by atomic mass is 15.1. The third-order valence-electron chi connectivity index (χ3n) is 1.60. The Balaban J connectivity index is 2.81. The fourth-order valence-corrected chi connectivity index (χ4v) is 0.937. The van der Waals surface area contributed by atoms with Crippen molar-refractivity contribution in [1.29, 1.82) is 0 Å². The zero-order valence-corrected chi connectivity index (χ0v) is 7.83. The molecule has 0 aromatic carbocycles. The summed E-state index contributed by atoms with van der Waals surface area (Å²) in [4.78, 5) is 8.43. The number of hydrogen-bond donors (Lipinski definition) is 1. The van der Waals surface area contributed by atoms with Crippen molar-refractivity contribution in [3.63, 3.8) is 0 Å². The number of aromatic nitrogens is 2. The van der Waals surface area contributed by atoms with Crippen LogP contribution in [0.15, 0.2) is 12.3 Å². The van der Waals surface area contributed by atoms with E-state index >= 15 is 0 Å². The summed E-state index contributed by atoms with van der Waals surface area (Å²) in [5.74, 6) is 1.19. The zero-order valence-electron chi connectivity index (χ0n) is 7.83. The molecule has 3 nitrogen and oxygen atoms in total. The van der Waals surface area contributed by atoms with E-state index in [1.54, 1.807) is 6.20 Å². The van der Waals surface area contributed by atoms with Crippen molar-refractivity contribution in [1.82, 2.24) is 9.97 Å². The monoisotopic (exact) mass is 165 g/mol. The molecular weight excluding hydrogens is 150 g/mol. The molecule has 0 aliphatic carbocycles. The summed E-state index contributed by atoms with van der Waals surface area (Å²) in [5, 5.41) is 3.08. The average Bonchev–Trinajstić information content (AvgIpc) is 2.05. The van der Waals surface area contributed by atoms with E-state index < -0.39 is 0 Å². The predicted molar refractivity (Wildman–Crippen MR) is 50.3 cm³/mol. The molecule has 0 spiro atoms. The van der Waals surface area contributed by atoms with Gasteiger partial charge in [-0.3, -0.25) is 0 Å². The van der Waals surface area contributed by atoms with E-state index in [4.69, 9.17) is 0 Å². The molecule has 0 saturated heterocycles. The molecule has 0 saturated carbocycles. The van der Waals surface area contributed by atoms with Gasteiger partial charge in [-0.1, -0.05) is 13.8 Å². The van der Waals surface area contributed by atoms with Gasteiger partial charge in [0, 0.05) is 18.4 Å². The summed E-state index contributed by atoms with van der Waals surface area (Å²) < 4.78 is 0. The fraction of sp³-hybridized carbons (Fsp3) is 0.556. The molecule has 1 rings (SSSR count). The second-order valence-electron chi connectivity index (χ2n) is 2.99. The van der Waals surface area contributed by atoms with E-state index in [2.05, 4.69) is 29.1 Å². The van der Waals surface area contributed by atoms with Crippen molar-refractivity contribution in [3.05, 3.63) is 18.0 Å². The minimum absolute atomic E-state index is 0.463. The van der Waals surface area contributed by atoms with Gasteiger partial charge in [-0.25, -0.2) is 9.97 Å². The Morgan fingerprint density at radius 3 is 2.83 bits per heavy atom. The van der Waals surface area contributed by atoms with Crippen LogP contribution in [0, 0.1) is 0 Å². The lowest BCUT2D eigenvalue weighted by Gasteiger charge is -2.05. The molecule has 0 aliphatic rings. The number of anilines is 1. The summed E-state index contributed by atoms with van der Waals surface area (Å²) in [6.07, 6.45) is 1.79. The van der Waals surface area contributed by atoms with E-state index in [9.17, 15) is 0 Å². The molecule has 3 heteroatoms. The van der Waals surface area contributed by atoms with Crippen LogP contribution in [0.2, 0.25) is 0 Å². The molecule has 0 aliphatic heterocycles. The quantitative estimate of drug-likeness (QED) is 0.744. The van der Waals surface area contributed by atoms with Crippen molar-refractivity contribution in [2.75, 3.05) is 11.9 Å². The lowest BCUT2D eigenvalue weighted by Crippen LogP contribution is -2.04. The molecular formula is C9H15N3. The molecule has 0 radical (unpaired) electrons. The molecule has 0 bridgehead atoms. The zero-order chi connectivity index (χ0) is 8.97. The van der Waals surface area contributed by atoms with Crippen molar-refractivity contribution >= 4 is 5.95 Å². The van der Waals surface area contributed by atoms with Gasteiger partial charge in [0.2, 0.25) is 5.95 Å². The molecule has 1 aromatic rings. The molecule has 66 valence electrons.